The molecular weight excluding hydrogens is 170 g/mol. The fourth-order valence-corrected chi connectivity index (χ4v) is 1.17. The summed E-state index contributed by atoms with van der Waals surface area (Å²) in [6.07, 6.45) is 12.0. The summed E-state index contributed by atoms with van der Waals surface area (Å²) in [7, 11) is 0. The minimum atomic E-state index is 1.36. The van der Waals surface area contributed by atoms with E-state index in [9.17, 15) is 0 Å². The Balaban J connectivity index is 0.000000249. The van der Waals surface area contributed by atoms with E-state index in [0.29, 0.717) is 0 Å². The predicted octanol–water partition coefficient (Wildman–Crippen LogP) is 4.45. The lowest BCUT2D eigenvalue weighted by Gasteiger charge is -1.93. The number of nitrogens with zero attached hydrogens (tertiary/aromatic N) is 1. The summed E-state index contributed by atoms with van der Waals surface area (Å²) in [5.74, 6) is 0. The average Bonchev–Trinajstić information content (AvgIpc) is 2.28. The number of rotatable bonds is 5. The maximum absolute atomic E-state index is 3.78. The zero-order valence-electron chi connectivity index (χ0n) is 9.58. The fraction of sp³-hybridized carbons (Fsp3) is 0.615. The first kappa shape index (κ1) is 13.2. The lowest BCUT2D eigenvalue weighted by atomic mass is 10.1. The van der Waals surface area contributed by atoms with Crippen molar-refractivity contribution in [3.8, 4) is 0 Å². The number of hydrogen-bond acceptors (Lipinski definition) is 1. The van der Waals surface area contributed by atoms with Gasteiger partial charge in [0.2, 0.25) is 0 Å². The first-order valence-corrected chi connectivity index (χ1v) is 5.76. The monoisotopic (exact) mass is 193 g/mol. The lowest BCUT2D eigenvalue weighted by Crippen LogP contribution is -1.73. The van der Waals surface area contributed by atoms with E-state index in [1.165, 1.54) is 38.5 Å². The average molecular weight is 193 g/mol. The van der Waals surface area contributed by atoms with Crippen molar-refractivity contribution < 1.29 is 0 Å². The topological polar surface area (TPSA) is 12.9 Å². The highest BCUT2D eigenvalue weighted by Crippen LogP contribution is 2.03. The highest BCUT2D eigenvalue weighted by molar-refractivity contribution is 4.88. The fourth-order valence-electron chi connectivity index (χ4n) is 1.17. The Morgan fingerprint density at radius 2 is 1.21 bits per heavy atom. The van der Waals surface area contributed by atoms with Crippen LogP contribution in [0.3, 0.4) is 0 Å². The van der Waals surface area contributed by atoms with Crippen LogP contribution in [-0.2, 0) is 0 Å². The predicted molar refractivity (Wildman–Crippen MR) is 63.3 cm³/mol. The van der Waals surface area contributed by atoms with Crippen molar-refractivity contribution in [3.05, 3.63) is 30.6 Å². The van der Waals surface area contributed by atoms with E-state index in [2.05, 4.69) is 18.8 Å². The molecule has 0 unspecified atom stereocenters. The molecule has 1 nitrogen and oxygen atoms in total. The van der Waals surface area contributed by atoms with Crippen molar-refractivity contribution >= 4 is 0 Å². The minimum Gasteiger partial charge on any atom is -0.265 e. The number of unbranched alkanes of at least 4 members (excludes halogenated alkanes) is 5. The molecule has 1 heteroatoms. The maximum atomic E-state index is 3.78. The van der Waals surface area contributed by atoms with E-state index in [1.54, 1.807) is 12.4 Å². The van der Waals surface area contributed by atoms with E-state index in [-0.39, 0.29) is 0 Å². The molecule has 1 heterocycles. The summed E-state index contributed by atoms with van der Waals surface area (Å²) in [6, 6.07) is 5.72. The van der Waals surface area contributed by atoms with Crippen LogP contribution in [0, 0.1) is 0 Å². The van der Waals surface area contributed by atoms with Crippen molar-refractivity contribution in [2.45, 2.75) is 52.4 Å². The first-order chi connectivity index (χ1) is 6.91. The molecule has 0 aliphatic carbocycles. The van der Waals surface area contributed by atoms with Gasteiger partial charge in [-0.05, 0) is 12.1 Å². The van der Waals surface area contributed by atoms with Gasteiger partial charge in [-0.1, -0.05) is 58.4 Å². The zero-order chi connectivity index (χ0) is 10.5. The van der Waals surface area contributed by atoms with Gasteiger partial charge in [-0.15, -0.1) is 0 Å². The molecule has 0 spiro atoms. The Morgan fingerprint density at radius 1 is 0.714 bits per heavy atom. The van der Waals surface area contributed by atoms with Gasteiger partial charge < -0.3 is 0 Å². The van der Waals surface area contributed by atoms with Crippen LogP contribution in [-0.4, -0.2) is 4.98 Å². The van der Waals surface area contributed by atoms with Gasteiger partial charge in [0.15, 0.2) is 0 Å². The molecule has 80 valence electrons. The van der Waals surface area contributed by atoms with Crippen LogP contribution in [0.15, 0.2) is 30.6 Å². The Hall–Kier alpha value is -0.850. The molecule has 14 heavy (non-hydrogen) atoms. The quantitative estimate of drug-likeness (QED) is 0.630. The third-order valence-corrected chi connectivity index (χ3v) is 2.02. The van der Waals surface area contributed by atoms with Crippen molar-refractivity contribution in [3.63, 3.8) is 0 Å². The molecule has 1 aromatic heterocycles. The van der Waals surface area contributed by atoms with Crippen molar-refractivity contribution in [1.82, 2.24) is 4.98 Å². The van der Waals surface area contributed by atoms with E-state index in [4.69, 9.17) is 0 Å². The molecule has 0 aromatic carbocycles. The van der Waals surface area contributed by atoms with E-state index in [1.807, 2.05) is 18.2 Å². The molecular formula is C13H23N. The van der Waals surface area contributed by atoms with Gasteiger partial charge in [0.25, 0.3) is 0 Å². The van der Waals surface area contributed by atoms with Crippen LogP contribution in [0.5, 0.6) is 0 Å². The smallest absolute Gasteiger partial charge is 0.0267 e. The van der Waals surface area contributed by atoms with Crippen LogP contribution >= 0.6 is 0 Å². The SMILES string of the molecule is CCCCCCCC.c1ccncc1. The van der Waals surface area contributed by atoms with Gasteiger partial charge in [-0.25, -0.2) is 0 Å². The highest BCUT2D eigenvalue weighted by atomic mass is 14.6. The molecule has 0 aliphatic heterocycles. The summed E-state index contributed by atoms with van der Waals surface area (Å²) in [5, 5.41) is 0. The summed E-state index contributed by atoms with van der Waals surface area (Å²) < 4.78 is 0. The van der Waals surface area contributed by atoms with Gasteiger partial charge >= 0.3 is 0 Å². The third-order valence-electron chi connectivity index (χ3n) is 2.02. The molecule has 0 atom stereocenters. The van der Waals surface area contributed by atoms with Gasteiger partial charge in [0.05, 0.1) is 0 Å². The zero-order valence-corrected chi connectivity index (χ0v) is 9.58. The largest absolute Gasteiger partial charge is 0.265 e. The summed E-state index contributed by atoms with van der Waals surface area (Å²) in [5.41, 5.74) is 0. The van der Waals surface area contributed by atoms with Crippen LogP contribution in [0.1, 0.15) is 52.4 Å². The van der Waals surface area contributed by atoms with Crippen LogP contribution < -0.4 is 0 Å². The number of aromatic nitrogens is 1. The molecule has 1 aromatic rings. The Kier molecular flexibility index (Phi) is 11.4. The van der Waals surface area contributed by atoms with Gasteiger partial charge in [0.1, 0.15) is 0 Å². The van der Waals surface area contributed by atoms with Crippen molar-refractivity contribution in [2.24, 2.45) is 0 Å². The lowest BCUT2D eigenvalue weighted by molar-refractivity contribution is 0.624. The van der Waals surface area contributed by atoms with Crippen LogP contribution in [0.25, 0.3) is 0 Å². The number of hydrogen-bond donors (Lipinski definition) is 0. The molecule has 0 amide bonds. The highest BCUT2D eigenvalue weighted by Gasteiger charge is 1.83. The third kappa shape index (κ3) is 11.2. The summed E-state index contributed by atoms with van der Waals surface area (Å²) in [6.45, 7) is 4.51. The molecule has 1 rings (SSSR count). The molecule has 0 radical (unpaired) electrons. The second-order valence-corrected chi connectivity index (χ2v) is 3.44. The van der Waals surface area contributed by atoms with E-state index >= 15 is 0 Å². The minimum absolute atomic E-state index is 1.36. The normalized spacial score (nSPS) is 9.00. The van der Waals surface area contributed by atoms with Gasteiger partial charge in [-0.2, -0.15) is 0 Å². The molecule has 0 saturated carbocycles. The van der Waals surface area contributed by atoms with Crippen LogP contribution in [0.4, 0.5) is 0 Å². The maximum Gasteiger partial charge on any atom is 0.0267 e. The summed E-state index contributed by atoms with van der Waals surface area (Å²) in [4.78, 5) is 3.78. The van der Waals surface area contributed by atoms with Gasteiger partial charge in [-0.3, -0.25) is 4.98 Å². The molecule has 0 fully saturated rings. The Morgan fingerprint density at radius 3 is 1.43 bits per heavy atom. The van der Waals surface area contributed by atoms with E-state index in [0.717, 1.165) is 0 Å². The molecule has 0 N–H and O–H groups in total. The standard InChI is InChI=1S/C8H18.C5H5N/c1-3-5-7-8-6-4-2;1-2-4-6-5-3-1/h3-8H2,1-2H3;1-5H. The Bertz CT molecular complexity index is 139. The Labute approximate surface area is 88.6 Å². The second-order valence-electron chi connectivity index (χ2n) is 3.44. The van der Waals surface area contributed by atoms with Gasteiger partial charge in [0, 0.05) is 12.4 Å². The van der Waals surface area contributed by atoms with Crippen LogP contribution in [0.2, 0.25) is 0 Å². The van der Waals surface area contributed by atoms with Crippen molar-refractivity contribution in [1.29, 1.82) is 0 Å². The molecule has 0 saturated heterocycles. The summed E-state index contributed by atoms with van der Waals surface area (Å²) >= 11 is 0. The number of pyridine rings is 1. The second kappa shape index (κ2) is 12.2. The molecule has 0 aliphatic rings. The van der Waals surface area contributed by atoms with Crippen molar-refractivity contribution in [2.75, 3.05) is 0 Å². The first-order valence-electron chi connectivity index (χ1n) is 5.76. The molecule has 0 bridgehead atoms. The van der Waals surface area contributed by atoms with E-state index < -0.39 is 0 Å².